The summed E-state index contributed by atoms with van der Waals surface area (Å²) in [5.74, 6) is 0.599. The van der Waals surface area contributed by atoms with E-state index in [0.717, 1.165) is 10.0 Å². The third-order valence-corrected chi connectivity index (χ3v) is 4.62. The van der Waals surface area contributed by atoms with Gasteiger partial charge in [-0.3, -0.25) is 0 Å². The van der Waals surface area contributed by atoms with Crippen LogP contribution in [0, 0.1) is 0 Å². The van der Waals surface area contributed by atoms with Crippen LogP contribution in [0.3, 0.4) is 0 Å². The van der Waals surface area contributed by atoms with Crippen molar-refractivity contribution in [3.05, 3.63) is 28.2 Å². The number of halogens is 1. The molecular weight excluding hydrogens is 428 g/mol. The summed E-state index contributed by atoms with van der Waals surface area (Å²) in [7, 11) is 1.56. The molecule has 1 aromatic rings. The lowest BCUT2D eigenvalue weighted by molar-refractivity contribution is -0.0235. The highest BCUT2D eigenvalue weighted by molar-refractivity contribution is 9.10. The number of carbonyl (C=O) groups excluding carboxylic acids is 2. The van der Waals surface area contributed by atoms with E-state index in [-0.39, 0.29) is 13.1 Å². The summed E-state index contributed by atoms with van der Waals surface area (Å²) in [5.41, 5.74) is -1.31. The number of para-hydroxylation sites is 1. The number of nitrogens with one attached hydrogen (secondary N) is 1. The summed E-state index contributed by atoms with van der Waals surface area (Å²) in [4.78, 5) is 26.5. The molecule has 7 nitrogen and oxygen atoms in total. The molecule has 8 heteroatoms. The van der Waals surface area contributed by atoms with Crippen LogP contribution in [0.2, 0.25) is 0 Å². The Bertz CT molecular complexity index is 746. The summed E-state index contributed by atoms with van der Waals surface area (Å²) in [6, 6.07) is 5.58. The number of rotatable bonds is 3. The lowest BCUT2D eigenvalue weighted by atomic mass is 9.82. The van der Waals surface area contributed by atoms with E-state index in [1.54, 1.807) is 32.8 Å². The van der Waals surface area contributed by atoms with Crippen LogP contribution >= 0.6 is 15.9 Å². The van der Waals surface area contributed by atoms with E-state index < -0.39 is 28.9 Å². The fourth-order valence-corrected chi connectivity index (χ4v) is 3.50. The van der Waals surface area contributed by atoms with E-state index >= 15 is 0 Å². The second kappa shape index (κ2) is 7.81. The molecule has 156 valence electrons. The van der Waals surface area contributed by atoms with Gasteiger partial charge in [-0.25, -0.2) is 9.59 Å². The van der Waals surface area contributed by atoms with Crippen molar-refractivity contribution in [3.8, 4) is 5.75 Å². The van der Waals surface area contributed by atoms with Crippen molar-refractivity contribution in [2.75, 3.05) is 20.2 Å². The summed E-state index contributed by atoms with van der Waals surface area (Å²) < 4.78 is 17.2. The van der Waals surface area contributed by atoms with Gasteiger partial charge < -0.3 is 24.4 Å². The average molecular weight is 457 g/mol. The van der Waals surface area contributed by atoms with E-state index in [4.69, 9.17) is 14.2 Å². The molecule has 1 N–H and O–H groups in total. The number of amides is 2. The first-order valence-electron chi connectivity index (χ1n) is 9.08. The Labute approximate surface area is 174 Å². The molecule has 0 saturated carbocycles. The van der Waals surface area contributed by atoms with Crippen molar-refractivity contribution in [3.63, 3.8) is 0 Å². The smallest absolute Gasteiger partial charge is 0.410 e. The van der Waals surface area contributed by atoms with E-state index in [1.165, 1.54) is 0 Å². The minimum Gasteiger partial charge on any atom is -0.495 e. The van der Waals surface area contributed by atoms with Crippen molar-refractivity contribution in [1.82, 2.24) is 10.2 Å². The van der Waals surface area contributed by atoms with E-state index in [2.05, 4.69) is 21.2 Å². The summed E-state index contributed by atoms with van der Waals surface area (Å²) in [6.45, 7) is 11.3. The van der Waals surface area contributed by atoms with Gasteiger partial charge in [0.1, 0.15) is 22.5 Å². The molecule has 0 radical (unpaired) electrons. The number of nitrogens with zero attached hydrogens (tertiary/aromatic N) is 1. The SMILES string of the molecule is COc1c(Br)cccc1C1(NC(=O)OC(C)(C)C)CN(C(=O)OC(C)(C)C)C1. The van der Waals surface area contributed by atoms with Gasteiger partial charge in [0.25, 0.3) is 0 Å². The van der Waals surface area contributed by atoms with Gasteiger partial charge in [-0.2, -0.15) is 0 Å². The van der Waals surface area contributed by atoms with Crippen molar-refractivity contribution in [2.24, 2.45) is 0 Å². The Kier molecular flexibility index (Phi) is 6.23. The van der Waals surface area contributed by atoms with E-state index in [0.29, 0.717) is 5.75 Å². The molecule has 1 aliphatic heterocycles. The molecule has 2 amide bonds. The second-order valence-corrected chi connectivity index (χ2v) is 9.72. The number of benzene rings is 1. The molecule has 2 rings (SSSR count). The molecule has 1 fully saturated rings. The minimum absolute atomic E-state index is 0.244. The van der Waals surface area contributed by atoms with Crippen LogP contribution in [0.15, 0.2) is 22.7 Å². The van der Waals surface area contributed by atoms with Gasteiger partial charge in [-0.05, 0) is 63.5 Å². The highest BCUT2D eigenvalue weighted by Crippen LogP contribution is 2.41. The maximum absolute atomic E-state index is 12.5. The standard InChI is InChI=1S/C20H29BrN2O5/c1-18(2,3)27-16(24)22-20(13-9-8-10-14(21)15(13)26-7)11-23(12-20)17(25)28-19(4,5)6/h8-10H,11-12H2,1-7H3,(H,22,24). The Balaban J connectivity index is 2.31. The molecule has 1 aliphatic rings. The highest BCUT2D eigenvalue weighted by atomic mass is 79.9. The normalized spacial score (nSPS) is 16.1. The molecule has 0 aromatic heterocycles. The number of methoxy groups -OCH3 is 1. The molecule has 0 aliphatic carbocycles. The van der Waals surface area contributed by atoms with Crippen molar-refractivity contribution in [2.45, 2.75) is 58.3 Å². The van der Waals surface area contributed by atoms with E-state index in [9.17, 15) is 9.59 Å². The fourth-order valence-electron chi connectivity index (χ4n) is 2.97. The predicted molar refractivity (Wildman–Crippen MR) is 110 cm³/mol. The first-order valence-corrected chi connectivity index (χ1v) is 9.88. The Morgan fingerprint density at radius 2 is 1.64 bits per heavy atom. The van der Waals surface area contributed by atoms with Gasteiger partial charge in [-0.15, -0.1) is 0 Å². The zero-order valence-corrected chi connectivity index (χ0v) is 19.1. The van der Waals surface area contributed by atoms with Crippen molar-refractivity contribution in [1.29, 1.82) is 0 Å². The van der Waals surface area contributed by atoms with Gasteiger partial charge in [0.2, 0.25) is 0 Å². The second-order valence-electron chi connectivity index (χ2n) is 8.87. The largest absolute Gasteiger partial charge is 0.495 e. The van der Waals surface area contributed by atoms with Crippen LogP contribution in [0.1, 0.15) is 47.1 Å². The maximum atomic E-state index is 12.5. The Morgan fingerprint density at radius 3 is 2.14 bits per heavy atom. The molecule has 1 aromatic carbocycles. The third-order valence-electron chi connectivity index (χ3n) is 4.00. The Morgan fingerprint density at radius 1 is 1.07 bits per heavy atom. The first-order chi connectivity index (χ1) is 12.8. The molecular formula is C20H29BrN2O5. The van der Waals surface area contributed by atoms with Crippen LogP contribution in [-0.2, 0) is 15.0 Å². The number of hydrogen-bond acceptors (Lipinski definition) is 5. The van der Waals surface area contributed by atoms with Gasteiger partial charge in [0.05, 0.1) is 24.7 Å². The summed E-state index contributed by atoms with van der Waals surface area (Å²) in [6.07, 6.45) is -0.985. The predicted octanol–water partition coefficient (Wildman–Crippen LogP) is 4.43. The summed E-state index contributed by atoms with van der Waals surface area (Å²) >= 11 is 3.48. The van der Waals surface area contributed by atoms with Gasteiger partial charge in [0.15, 0.2) is 0 Å². The molecule has 28 heavy (non-hydrogen) atoms. The van der Waals surface area contributed by atoms with Crippen molar-refractivity contribution < 1.29 is 23.8 Å². The lowest BCUT2D eigenvalue weighted by Crippen LogP contribution is -2.69. The lowest BCUT2D eigenvalue weighted by Gasteiger charge is -2.50. The number of ether oxygens (including phenoxy) is 3. The van der Waals surface area contributed by atoms with Gasteiger partial charge >= 0.3 is 12.2 Å². The van der Waals surface area contributed by atoms with Crippen molar-refractivity contribution >= 4 is 28.1 Å². The molecule has 0 unspecified atom stereocenters. The zero-order chi connectivity index (χ0) is 21.3. The van der Waals surface area contributed by atoms with Crippen LogP contribution in [0.5, 0.6) is 5.75 Å². The highest BCUT2D eigenvalue weighted by Gasteiger charge is 2.51. The molecule has 0 bridgehead atoms. The number of likely N-dealkylation sites (tertiary alicyclic amines) is 1. The fraction of sp³-hybridized carbons (Fsp3) is 0.600. The zero-order valence-electron chi connectivity index (χ0n) is 17.5. The van der Waals surface area contributed by atoms with Crippen LogP contribution < -0.4 is 10.1 Å². The molecule has 0 spiro atoms. The van der Waals surface area contributed by atoms with Crippen LogP contribution in [0.25, 0.3) is 0 Å². The van der Waals surface area contributed by atoms with Gasteiger partial charge in [0, 0.05) is 5.56 Å². The quantitative estimate of drug-likeness (QED) is 0.727. The third kappa shape index (κ3) is 5.31. The van der Waals surface area contributed by atoms with Crippen LogP contribution in [0.4, 0.5) is 9.59 Å². The molecule has 0 atom stereocenters. The first kappa shape index (κ1) is 22.3. The average Bonchev–Trinajstić information content (AvgIpc) is 2.46. The molecule has 1 saturated heterocycles. The minimum atomic E-state index is -0.839. The number of carbonyl (C=O) groups is 2. The topological polar surface area (TPSA) is 77.1 Å². The number of alkyl carbamates (subject to hydrolysis) is 1. The summed E-state index contributed by atoms with van der Waals surface area (Å²) in [5, 5.41) is 2.94. The van der Waals surface area contributed by atoms with Crippen LogP contribution in [-0.4, -0.2) is 48.5 Å². The number of hydrogen-bond donors (Lipinski definition) is 1. The maximum Gasteiger partial charge on any atom is 0.410 e. The monoisotopic (exact) mass is 456 g/mol. The Hall–Kier alpha value is -1.96. The van der Waals surface area contributed by atoms with E-state index in [1.807, 2.05) is 39.0 Å². The van der Waals surface area contributed by atoms with Gasteiger partial charge in [-0.1, -0.05) is 12.1 Å². The molecule has 1 heterocycles.